The molecular formula is C12H14O4. The molecule has 0 saturated carbocycles. The standard InChI is InChI=1S/C12H14O4/c1-2-8-4-3-5-9(6-8)12(16)10(13)7-11(14)15/h2-6,10,12-13,16H,1,7H2,(H,14,15). The Bertz CT molecular complexity index is 386. The average molecular weight is 222 g/mol. The van der Waals surface area contributed by atoms with E-state index in [1.54, 1.807) is 30.3 Å². The minimum absolute atomic E-state index is 0.478. The van der Waals surface area contributed by atoms with Crippen LogP contribution in [0.15, 0.2) is 30.8 Å². The number of carboxylic acids is 1. The van der Waals surface area contributed by atoms with Crippen molar-refractivity contribution < 1.29 is 20.1 Å². The molecule has 2 unspecified atom stereocenters. The Balaban J connectivity index is 2.82. The largest absolute Gasteiger partial charge is 0.481 e. The molecule has 16 heavy (non-hydrogen) atoms. The Morgan fingerprint density at radius 3 is 2.69 bits per heavy atom. The topological polar surface area (TPSA) is 77.8 Å². The highest BCUT2D eigenvalue weighted by Crippen LogP contribution is 2.20. The van der Waals surface area contributed by atoms with E-state index in [1.165, 1.54) is 0 Å². The van der Waals surface area contributed by atoms with Gasteiger partial charge >= 0.3 is 5.97 Å². The quantitative estimate of drug-likeness (QED) is 0.699. The van der Waals surface area contributed by atoms with Gasteiger partial charge in [0, 0.05) is 0 Å². The van der Waals surface area contributed by atoms with E-state index >= 15 is 0 Å². The maximum Gasteiger partial charge on any atom is 0.306 e. The molecule has 0 aliphatic heterocycles. The van der Waals surface area contributed by atoms with Crippen LogP contribution < -0.4 is 0 Å². The lowest BCUT2D eigenvalue weighted by Gasteiger charge is -2.16. The van der Waals surface area contributed by atoms with Crippen LogP contribution in [0, 0.1) is 0 Å². The molecular weight excluding hydrogens is 208 g/mol. The lowest BCUT2D eigenvalue weighted by molar-refractivity contribution is -0.141. The number of hydrogen-bond acceptors (Lipinski definition) is 3. The highest BCUT2D eigenvalue weighted by molar-refractivity contribution is 5.67. The summed E-state index contributed by atoms with van der Waals surface area (Å²) in [5, 5.41) is 27.7. The van der Waals surface area contributed by atoms with E-state index in [9.17, 15) is 15.0 Å². The molecule has 0 radical (unpaired) electrons. The second kappa shape index (κ2) is 5.44. The highest BCUT2D eigenvalue weighted by Gasteiger charge is 2.20. The predicted molar refractivity (Wildman–Crippen MR) is 59.8 cm³/mol. The van der Waals surface area contributed by atoms with Crippen LogP contribution in [-0.4, -0.2) is 27.4 Å². The molecule has 0 amide bonds. The van der Waals surface area contributed by atoms with E-state index in [0.29, 0.717) is 5.56 Å². The van der Waals surface area contributed by atoms with Gasteiger partial charge in [0.05, 0.1) is 12.5 Å². The summed E-state index contributed by atoms with van der Waals surface area (Å²) < 4.78 is 0. The average Bonchev–Trinajstić information content (AvgIpc) is 2.27. The monoisotopic (exact) mass is 222 g/mol. The van der Waals surface area contributed by atoms with Crippen molar-refractivity contribution in [3.8, 4) is 0 Å². The number of benzene rings is 1. The van der Waals surface area contributed by atoms with Crippen molar-refractivity contribution in [2.45, 2.75) is 18.6 Å². The van der Waals surface area contributed by atoms with Crippen molar-refractivity contribution in [3.63, 3.8) is 0 Å². The first-order valence-corrected chi connectivity index (χ1v) is 4.85. The molecule has 1 aromatic carbocycles. The Hall–Kier alpha value is -1.65. The highest BCUT2D eigenvalue weighted by atomic mass is 16.4. The van der Waals surface area contributed by atoms with Crippen LogP contribution in [0.25, 0.3) is 6.08 Å². The van der Waals surface area contributed by atoms with Crippen LogP contribution >= 0.6 is 0 Å². The maximum atomic E-state index is 10.4. The van der Waals surface area contributed by atoms with Gasteiger partial charge in [-0.15, -0.1) is 0 Å². The molecule has 0 aliphatic rings. The van der Waals surface area contributed by atoms with Gasteiger partial charge in [0.15, 0.2) is 0 Å². The number of carbonyl (C=O) groups is 1. The Morgan fingerprint density at radius 1 is 1.44 bits per heavy atom. The molecule has 0 aliphatic carbocycles. The second-order valence-electron chi connectivity index (χ2n) is 3.48. The van der Waals surface area contributed by atoms with Crippen LogP contribution in [0.1, 0.15) is 23.7 Å². The van der Waals surface area contributed by atoms with Gasteiger partial charge in [0.2, 0.25) is 0 Å². The summed E-state index contributed by atoms with van der Waals surface area (Å²) in [7, 11) is 0. The minimum atomic E-state index is -1.31. The van der Waals surface area contributed by atoms with Crippen molar-refractivity contribution >= 4 is 12.0 Å². The van der Waals surface area contributed by atoms with Crippen molar-refractivity contribution in [1.29, 1.82) is 0 Å². The fourth-order valence-electron chi connectivity index (χ4n) is 1.38. The van der Waals surface area contributed by atoms with E-state index in [1.807, 2.05) is 0 Å². The fourth-order valence-corrected chi connectivity index (χ4v) is 1.38. The summed E-state index contributed by atoms with van der Waals surface area (Å²) in [6.07, 6.45) is -1.38. The predicted octanol–water partition coefficient (Wildman–Crippen LogP) is 1.20. The first-order valence-electron chi connectivity index (χ1n) is 4.85. The molecule has 4 heteroatoms. The number of rotatable bonds is 5. The van der Waals surface area contributed by atoms with Gasteiger partial charge in [-0.05, 0) is 17.2 Å². The van der Waals surface area contributed by atoms with Gasteiger partial charge in [0.25, 0.3) is 0 Å². The molecule has 2 atom stereocenters. The van der Waals surface area contributed by atoms with Crippen molar-refractivity contribution in [1.82, 2.24) is 0 Å². The van der Waals surface area contributed by atoms with Crippen LogP contribution in [0.4, 0.5) is 0 Å². The minimum Gasteiger partial charge on any atom is -0.481 e. The lowest BCUT2D eigenvalue weighted by atomic mass is 10.0. The van der Waals surface area contributed by atoms with Crippen molar-refractivity contribution in [2.75, 3.05) is 0 Å². The number of aliphatic hydroxyl groups is 2. The Labute approximate surface area is 93.5 Å². The van der Waals surface area contributed by atoms with Gasteiger partial charge in [-0.1, -0.05) is 30.9 Å². The number of aliphatic carboxylic acids is 1. The van der Waals surface area contributed by atoms with Gasteiger partial charge < -0.3 is 15.3 Å². The molecule has 0 aromatic heterocycles. The summed E-state index contributed by atoms with van der Waals surface area (Å²) in [5.41, 5.74) is 1.28. The molecule has 0 bridgehead atoms. The summed E-state index contributed by atoms with van der Waals surface area (Å²) in [6, 6.07) is 6.79. The van der Waals surface area contributed by atoms with E-state index in [4.69, 9.17) is 5.11 Å². The van der Waals surface area contributed by atoms with Gasteiger partial charge in [-0.25, -0.2) is 0 Å². The SMILES string of the molecule is C=Cc1cccc(C(O)C(O)CC(=O)O)c1. The molecule has 0 spiro atoms. The van der Waals surface area contributed by atoms with E-state index in [2.05, 4.69) is 6.58 Å². The number of carboxylic acid groups (broad SMARTS) is 1. The van der Waals surface area contributed by atoms with E-state index in [0.717, 1.165) is 5.56 Å². The molecule has 86 valence electrons. The van der Waals surface area contributed by atoms with Gasteiger partial charge in [-0.2, -0.15) is 0 Å². The van der Waals surface area contributed by atoms with Crippen LogP contribution in [0.2, 0.25) is 0 Å². The summed E-state index contributed by atoms with van der Waals surface area (Å²) in [5.74, 6) is -1.15. The van der Waals surface area contributed by atoms with Gasteiger partial charge in [0.1, 0.15) is 6.10 Å². The third-order valence-corrected chi connectivity index (χ3v) is 2.24. The van der Waals surface area contributed by atoms with Crippen molar-refractivity contribution in [3.05, 3.63) is 42.0 Å². The number of aliphatic hydroxyl groups excluding tert-OH is 2. The molecule has 3 N–H and O–H groups in total. The molecule has 0 heterocycles. The zero-order chi connectivity index (χ0) is 12.1. The summed E-state index contributed by atoms with van der Waals surface area (Å²) in [6.45, 7) is 3.59. The summed E-state index contributed by atoms with van der Waals surface area (Å²) >= 11 is 0. The zero-order valence-corrected chi connectivity index (χ0v) is 8.71. The summed E-state index contributed by atoms with van der Waals surface area (Å²) in [4.78, 5) is 10.4. The second-order valence-corrected chi connectivity index (χ2v) is 3.48. The molecule has 0 saturated heterocycles. The van der Waals surface area contributed by atoms with Crippen LogP contribution in [0.3, 0.4) is 0 Å². The van der Waals surface area contributed by atoms with Crippen molar-refractivity contribution in [2.24, 2.45) is 0 Å². The van der Waals surface area contributed by atoms with Crippen LogP contribution in [-0.2, 0) is 4.79 Å². The fraction of sp³-hybridized carbons (Fsp3) is 0.250. The first kappa shape index (κ1) is 12.4. The molecule has 0 fully saturated rings. The third-order valence-electron chi connectivity index (χ3n) is 2.24. The van der Waals surface area contributed by atoms with E-state index < -0.39 is 24.6 Å². The first-order chi connectivity index (χ1) is 7.54. The maximum absolute atomic E-state index is 10.4. The smallest absolute Gasteiger partial charge is 0.306 e. The normalized spacial score (nSPS) is 14.1. The lowest BCUT2D eigenvalue weighted by Crippen LogP contribution is -2.21. The third kappa shape index (κ3) is 3.18. The van der Waals surface area contributed by atoms with E-state index in [-0.39, 0.29) is 0 Å². The Morgan fingerprint density at radius 2 is 2.12 bits per heavy atom. The van der Waals surface area contributed by atoms with Gasteiger partial charge in [-0.3, -0.25) is 4.79 Å². The molecule has 1 rings (SSSR count). The molecule has 4 nitrogen and oxygen atoms in total. The number of hydrogen-bond donors (Lipinski definition) is 3. The molecule has 1 aromatic rings. The zero-order valence-electron chi connectivity index (χ0n) is 8.71. The van der Waals surface area contributed by atoms with Crippen LogP contribution in [0.5, 0.6) is 0 Å². The Kier molecular flexibility index (Phi) is 4.22.